The Morgan fingerprint density at radius 1 is 1.09 bits per heavy atom. The molecule has 1 aliphatic heterocycles. The zero-order valence-electron chi connectivity index (χ0n) is 18.8. The predicted molar refractivity (Wildman–Crippen MR) is 132 cm³/mol. The highest BCUT2D eigenvalue weighted by atomic mass is 16.2. The molecule has 172 valence electrons. The molecular weight excluding hydrogens is 430 g/mol. The molecule has 8 nitrogen and oxygen atoms in total. The van der Waals surface area contributed by atoms with Gasteiger partial charge in [0.15, 0.2) is 11.6 Å². The molecule has 0 saturated heterocycles. The second-order valence-electron chi connectivity index (χ2n) is 8.46. The molecule has 0 bridgehead atoms. The average molecular weight is 456 g/mol. The lowest BCUT2D eigenvalue weighted by Crippen LogP contribution is -2.30. The molecule has 8 heteroatoms. The predicted octanol–water partition coefficient (Wildman–Crippen LogP) is 3.87. The smallest absolute Gasteiger partial charge is 0.272 e. The van der Waals surface area contributed by atoms with Gasteiger partial charge in [-0.2, -0.15) is 5.10 Å². The number of nitrogens with zero attached hydrogens (tertiary/aromatic N) is 3. The molecule has 1 unspecified atom stereocenters. The molecule has 2 N–H and O–H groups in total. The lowest BCUT2D eigenvalue weighted by atomic mass is 9.96. The van der Waals surface area contributed by atoms with Crippen LogP contribution >= 0.6 is 0 Å². The first-order valence-electron chi connectivity index (χ1n) is 11.3. The number of rotatable bonds is 6. The van der Waals surface area contributed by atoms with Gasteiger partial charge < -0.3 is 10.2 Å². The third kappa shape index (κ3) is 3.98. The van der Waals surface area contributed by atoms with Crippen molar-refractivity contribution in [2.45, 2.75) is 25.8 Å². The molecule has 0 amide bonds. The molecule has 2 aromatic heterocycles. The second-order valence-corrected chi connectivity index (χ2v) is 8.46. The number of hydrogen-bond acceptors (Lipinski definition) is 6. The van der Waals surface area contributed by atoms with E-state index < -0.39 is 0 Å². The Hall–Kier alpha value is -4.20. The first-order valence-corrected chi connectivity index (χ1v) is 11.3. The van der Waals surface area contributed by atoms with Crippen molar-refractivity contribution in [3.8, 4) is 0 Å². The van der Waals surface area contributed by atoms with E-state index in [0.717, 1.165) is 28.3 Å². The molecule has 0 radical (unpaired) electrons. The van der Waals surface area contributed by atoms with E-state index in [9.17, 15) is 14.4 Å². The minimum atomic E-state index is -0.211. The Labute approximate surface area is 195 Å². The van der Waals surface area contributed by atoms with E-state index in [1.165, 1.54) is 0 Å². The van der Waals surface area contributed by atoms with Gasteiger partial charge in [-0.3, -0.25) is 19.0 Å². The number of hydrogen-bond donors (Lipinski definition) is 2. The molecule has 2 aromatic carbocycles. The third-order valence-electron chi connectivity index (χ3n) is 6.27. The summed E-state index contributed by atoms with van der Waals surface area (Å²) in [5.41, 5.74) is 1.62. The van der Waals surface area contributed by atoms with Crippen LogP contribution in [0.5, 0.6) is 0 Å². The van der Waals surface area contributed by atoms with Crippen LogP contribution in [0.3, 0.4) is 0 Å². The molecule has 34 heavy (non-hydrogen) atoms. The van der Waals surface area contributed by atoms with Crippen molar-refractivity contribution in [2.75, 3.05) is 18.4 Å². The van der Waals surface area contributed by atoms with Crippen molar-refractivity contribution in [3.63, 3.8) is 0 Å². The minimum absolute atomic E-state index is 0.0588. The van der Waals surface area contributed by atoms with E-state index >= 15 is 0 Å². The lowest BCUT2D eigenvalue weighted by Gasteiger charge is -2.33. The third-order valence-corrected chi connectivity index (χ3v) is 6.27. The Morgan fingerprint density at radius 3 is 2.62 bits per heavy atom. The van der Waals surface area contributed by atoms with Gasteiger partial charge in [0.25, 0.3) is 5.56 Å². The number of H-pyrrole nitrogens is 1. The number of aromatic amines is 1. The summed E-state index contributed by atoms with van der Waals surface area (Å²) in [6.07, 6.45) is 6.48. The van der Waals surface area contributed by atoms with E-state index in [1.54, 1.807) is 23.6 Å². The highest BCUT2D eigenvalue weighted by molar-refractivity contribution is 5.96. The largest absolute Gasteiger partial charge is 0.370 e. The molecule has 1 atom stereocenters. The van der Waals surface area contributed by atoms with Crippen LogP contribution in [0, 0.1) is 0 Å². The van der Waals surface area contributed by atoms with Crippen LogP contribution in [0.25, 0.3) is 21.7 Å². The van der Waals surface area contributed by atoms with Crippen molar-refractivity contribution in [3.05, 3.63) is 82.9 Å². The molecule has 0 fully saturated rings. The number of anilines is 1. The van der Waals surface area contributed by atoms with Gasteiger partial charge in [-0.05, 0) is 24.6 Å². The number of allylic oxidation sites excluding steroid dienone is 1. The van der Waals surface area contributed by atoms with Crippen molar-refractivity contribution in [2.24, 2.45) is 0 Å². The van der Waals surface area contributed by atoms with Gasteiger partial charge in [0, 0.05) is 55.2 Å². The minimum Gasteiger partial charge on any atom is -0.370 e. The summed E-state index contributed by atoms with van der Waals surface area (Å²) < 4.78 is 1.65. The molecule has 1 aliphatic rings. The molecule has 0 aliphatic carbocycles. The number of carbonyl (C=O) groups excluding carboxylic acids is 2. The van der Waals surface area contributed by atoms with Crippen LogP contribution in [0.15, 0.2) is 71.8 Å². The summed E-state index contributed by atoms with van der Waals surface area (Å²) in [7, 11) is 0. The maximum atomic E-state index is 12.3. The fraction of sp³-hybridized carbons (Fsp3) is 0.231. The van der Waals surface area contributed by atoms with E-state index in [4.69, 9.17) is 0 Å². The van der Waals surface area contributed by atoms with E-state index in [1.807, 2.05) is 54.9 Å². The fourth-order valence-electron chi connectivity index (χ4n) is 4.63. The van der Waals surface area contributed by atoms with Gasteiger partial charge >= 0.3 is 0 Å². The Morgan fingerprint density at radius 2 is 1.82 bits per heavy atom. The average Bonchev–Trinajstić information content (AvgIpc) is 3.24. The van der Waals surface area contributed by atoms with Crippen LogP contribution in [0.4, 0.5) is 5.82 Å². The maximum Gasteiger partial charge on any atom is 0.272 e. The van der Waals surface area contributed by atoms with Crippen LogP contribution in [-0.2, 0) is 4.79 Å². The highest BCUT2D eigenvalue weighted by Crippen LogP contribution is 2.35. The highest BCUT2D eigenvalue weighted by Gasteiger charge is 2.27. The van der Waals surface area contributed by atoms with E-state index in [0.29, 0.717) is 30.7 Å². The van der Waals surface area contributed by atoms with Gasteiger partial charge in [-0.15, -0.1) is 0 Å². The molecule has 0 saturated carbocycles. The molecular formula is C26H25N5O3. The van der Waals surface area contributed by atoms with Crippen LogP contribution in [0.1, 0.15) is 36.2 Å². The van der Waals surface area contributed by atoms with Crippen molar-refractivity contribution in [1.29, 1.82) is 0 Å². The number of fused-ring (bicyclic) bond motifs is 2. The second kappa shape index (κ2) is 8.97. The monoisotopic (exact) mass is 455 g/mol. The van der Waals surface area contributed by atoms with Crippen LogP contribution < -0.4 is 10.9 Å². The van der Waals surface area contributed by atoms with Gasteiger partial charge in [0.05, 0.1) is 16.9 Å². The van der Waals surface area contributed by atoms with Crippen molar-refractivity contribution < 1.29 is 9.59 Å². The van der Waals surface area contributed by atoms with Gasteiger partial charge in [0.2, 0.25) is 5.91 Å². The SMILES string of the molecule is CC(=O)n1cc(C2CC(=O)C=CN2CCCNc2n[nH]c(=O)c3ccccc23)c2ccccc21. The number of carbonyl (C=O) groups is 2. The normalized spacial score (nSPS) is 15.9. The van der Waals surface area contributed by atoms with Crippen LogP contribution in [0.2, 0.25) is 0 Å². The summed E-state index contributed by atoms with van der Waals surface area (Å²) in [5.74, 6) is 0.653. The van der Waals surface area contributed by atoms with Gasteiger partial charge in [0.1, 0.15) is 0 Å². The molecule has 0 spiro atoms. The maximum absolute atomic E-state index is 12.3. The first-order chi connectivity index (χ1) is 16.5. The summed E-state index contributed by atoms with van der Waals surface area (Å²) in [6, 6.07) is 15.0. The topological polar surface area (TPSA) is 100 Å². The number of benzene rings is 2. The van der Waals surface area contributed by atoms with Gasteiger partial charge in [-0.1, -0.05) is 36.4 Å². The number of ketones is 1. The Balaban J connectivity index is 1.34. The zero-order valence-corrected chi connectivity index (χ0v) is 18.8. The number of nitrogens with one attached hydrogen (secondary N) is 2. The van der Waals surface area contributed by atoms with E-state index in [2.05, 4.69) is 20.4 Å². The quantitative estimate of drug-likeness (QED) is 0.428. The Bertz CT molecular complexity index is 1480. The first kappa shape index (κ1) is 21.6. The lowest BCUT2D eigenvalue weighted by molar-refractivity contribution is -0.116. The summed E-state index contributed by atoms with van der Waals surface area (Å²) in [4.78, 5) is 38.6. The van der Waals surface area contributed by atoms with Gasteiger partial charge in [-0.25, -0.2) is 5.10 Å². The fourth-order valence-corrected chi connectivity index (χ4v) is 4.63. The number of aromatic nitrogens is 3. The standard InChI is InChI=1S/C26H25N5O3/c1-17(32)31-16-22(19-7-4-5-10-23(19)31)24-15-18(33)11-14-30(24)13-6-12-27-25-20-8-2-3-9-21(20)26(34)29-28-25/h2-5,7-11,14,16,24H,6,12-13,15H2,1H3,(H,27,28)(H,29,34). The molecule has 5 rings (SSSR count). The van der Waals surface area contributed by atoms with Crippen LogP contribution in [-0.4, -0.2) is 44.4 Å². The molecule has 4 aromatic rings. The summed E-state index contributed by atoms with van der Waals surface area (Å²) in [6.45, 7) is 2.89. The van der Waals surface area contributed by atoms with E-state index in [-0.39, 0.29) is 23.3 Å². The molecule has 3 heterocycles. The number of para-hydroxylation sites is 1. The van der Waals surface area contributed by atoms with Crippen molar-refractivity contribution in [1.82, 2.24) is 19.7 Å². The summed E-state index contributed by atoms with van der Waals surface area (Å²) in [5, 5.41) is 12.4. The summed E-state index contributed by atoms with van der Waals surface area (Å²) >= 11 is 0. The zero-order chi connectivity index (χ0) is 23.7. The van der Waals surface area contributed by atoms with Crippen molar-refractivity contribution >= 4 is 39.2 Å². The Kier molecular flexibility index (Phi) is 5.71.